The second kappa shape index (κ2) is 31.9. The summed E-state index contributed by atoms with van der Waals surface area (Å²) in [6, 6.07) is 0. The van der Waals surface area contributed by atoms with Gasteiger partial charge in [-0.1, -0.05) is 0 Å². The Bertz CT molecular complexity index is 439. The summed E-state index contributed by atoms with van der Waals surface area (Å²) in [5.74, 6) is -3.33. The van der Waals surface area contributed by atoms with E-state index in [4.69, 9.17) is 49.1 Å². The predicted octanol–water partition coefficient (Wildman–Crippen LogP) is -0.200. The summed E-state index contributed by atoms with van der Waals surface area (Å²) in [5.41, 5.74) is 0. The van der Waals surface area contributed by atoms with E-state index in [1.54, 1.807) is 0 Å². The summed E-state index contributed by atoms with van der Waals surface area (Å²) in [6.45, 7) is 4.65. The summed E-state index contributed by atoms with van der Waals surface area (Å²) in [4.78, 5) is 63.3. The van der Waals surface area contributed by atoms with E-state index in [-0.39, 0.29) is 39.6 Å². The molecule has 0 aromatic heterocycles. The normalized spacial score (nSPS) is 8.00. The summed E-state index contributed by atoms with van der Waals surface area (Å²) in [6.07, 6.45) is 0. The summed E-state index contributed by atoms with van der Waals surface area (Å²) >= 11 is 0. The van der Waals surface area contributed by atoms with Crippen molar-refractivity contribution < 1.29 is 68.9 Å². The second-order valence-electron chi connectivity index (χ2n) is 4.41. The molecule has 0 unspecified atom stereocenters. The van der Waals surface area contributed by atoms with Gasteiger partial charge >= 0.3 is 0 Å². The van der Waals surface area contributed by atoms with Gasteiger partial charge in [0.15, 0.2) is 0 Å². The number of rotatable bonds is 11. The van der Waals surface area contributed by atoms with Gasteiger partial charge in [0.2, 0.25) is 0 Å². The van der Waals surface area contributed by atoms with Gasteiger partial charge in [-0.3, -0.25) is 19.2 Å². The van der Waals surface area contributed by atoms with Crippen LogP contribution in [-0.2, 0) is 38.3 Å². The molecule has 190 valence electrons. The Morgan fingerprint density at radius 1 is 0.562 bits per heavy atom. The van der Waals surface area contributed by atoms with Gasteiger partial charge in [0.05, 0.1) is 26.4 Å². The van der Waals surface area contributed by atoms with Crippen LogP contribution in [0.3, 0.4) is 0 Å². The van der Waals surface area contributed by atoms with Gasteiger partial charge in [-0.2, -0.15) is 0 Å². The lowest BCUT2D eigenvalue weighted by Crippen LogP contribution is -2.14. The maximum Gasteiger partial charge on any atom is 0.300 e. The predicted molar refractivity (Wildman–Crippen MR) is 101 cm³/mol. The molecule has 0 amide bonds. The lowest BCUT2D eigenvalue weighted by Gasteiger charge is -2.04. The quantitative estimate of drug-likeness (QED) is 0.169. The van der Waals surface area contributed by atoms with E-state index in [1.165, 1.54) is 0 Å². The zero-order valence-electron chi connectivity index (χ0n) is 17.8. The highest BCUT2D eigenvalue weighted by Gasteiger charge is 1.96. The fourth-order valence-corrected chi connectivity index (χ4v) is 0.663. The number of nitrogens with zero attached hydrogens (tertiary/aromatic N) is 2. The zero-order valence-corrected chi connectivity index (χ0v) is 17.8. The van der Waals surface area contributed by atoms with Crippen molar-refractivity contribution >= 4 is 23.9 Å². The molecule has 0 aliphatic heterocycles. The van der Waals surface area contributed by atoms with Crippen molar-refractivity contribution in [3.05, 3.63) is 20.2 Å². The average molecular weight is 480 g/mol. The number of carboxylic acids is 4. The molecule has 0 aromatic carbocycles. The highest BCUT2D eigenvalue weighted by molar-refractivity contribution is 5.63. The Morgan fingerprint density at radius 3 is 0.875 bits per heavy atom. The van der Waals surface area contributed by atoms with Crippen molar-refractivity contribution in [3.8, 4) is 0 Å². The molecule has 0 saturated carbocycles. The first kappa shape index (κ1) is 38.8. The molecule has 0 atom stereocenters. The molecule has 0 bridgehead atoms. The highest BCUT2D eigenvalue weighted by atomic mass is 17.0. The summed E-state index contributed by atoms with van der Waals surface area (Å²) < 4.78 is 9.77. The first-order valence-corrected chi connectivity index (χ1v) is 8.04. The number of carbonyl (C=O) groups is 4. The van der Waals surface area contributed by atoms with Gasteiger partial charge in [0.1, 0.15) is 13.2 Å². The molecule has 0 spiro atoms. The maximum absolute atomic E-state index is 9.70. The van der Waals surface area contributed by atoms with Crippen molar-refractivity contribution in [3.63, 3.8) is 0 Å². The van der Waals surface area contributed by atoms with Crippen LogP contribution in [0.4, 0.5) is 0 Å². The Labute approximate surface area is 181 Å². The van der Waals surface area contributed by atoms with Gasteiger partial charge in [-0.25, -0.2) is 0 Å². The topological polar surface area (TPSA) is 272 Å². The maximum atomic E-state index is 9.70. The standard InChI is InChI=1S/C6H12N2O8.4C2H4O2/c9-7(10)15-5-3-13-1-2-14-4-6-16-8(11)12;4*1-2(3)4/h1-6H2;4*1H3,(H,3,4). The van der Waals surface area contributed by atoms with E-state index in [1.807, 2.05) is 0 Å². The van der Waals surface area contributed by atoms with Crippen LogP contribution in [0.1, 0.15) is 27.7 Å². The van der Waals surface area contributed by atoms with E-state index in [0.717, 1.165) is 27.7 Å². The minimum absolute atomic E-state index is 0.0791. The molecule has 0 rings (SSSR count). The van der Waals surface area contributed by atoms with Crippen molar-refractivity contribution in [2.24, 2.45) is 0 Å². The fraction of sp³-hybridized carbons (Fsp3) is 0.714. The number of carboxylic acid groups (broad SMARTS) is 4. The molecule has 0 saturated heterocycles. The molecule has 0 fully saturated rings. The van der Waals surface area contributed by atoms with E-state index >= 15 is 0 Å². The van der Waals surface area contributed by atoms with Crippen LogP contribution in [-0.4, -0.2) is 94.1 Å². The third-order valence-corrected chi connectivity index (χ3v) is 1.22. The van der Waals surface area contributed by atoms with Gasteiger partial charge < -0.3 is 39.6 Å². The lowest BCUT2D eigenvalue weighted by atomic mass is 10.7. The van der Waals surface area contributed by atoms with Crippen LogP contribution in [0.2, 0.25) is 0 Å². The molecule has 0 aliphatic rings. The Morgan fingerprint density at radius 2 is 0.719 bits per heavy atom. The van der Waals surface area contributed by atoms with Gasteiger partial charge in [-0.15, -0.1) is 20.2 Å². The summed E-state index contributed by atoms with van der Waals surface area (Å²) in [5, 5.41) is 47.2. The Balaban J connectivity index is -0.000000123. The SMILES string of the molecule is CC(=O)O.CC(=O)O.CC(=O)O.CC(=O)O.O=[N+]([O-])OCCOCCOCCO[N+](=O)[O-]. The molecule has 18 nitrogen and oxygen atoms in total. The fourth-order valence-electron chi connectivity index (χ4n) is 0.663. The van der Waals surface area contributed by atoms with Crippen molar-refractivity contribution in [1.82, 2.24) is 0 Å². The molecule has 0 radical (unpaired) electrons. The molecule has 4 N–H and O–H groups in total. The van der Waals surface area contributed by atoms with Crippen molar-refractivity contribution in [2.45, 2.75) is 27.7 Å². The van der Waals surface area contributed by atoms with Crippen LogP contribution < -0.4 is 0 Å². The summed E-state index contributed by atoms with van der Waals surface area (Å²) in [7, 11) is 0. The van der Waals surface area contributed by atoms with Crippen molar-refractivity contribution in [1.29, 1.82) is 0 Å². The lowest BCUT2D eigenvalue weighted by molar-refractivity contribution is -0.758. The van der Waals surface area contributed by atoms with Gasteiger partial charge in [0, 0.05) is 27.7 Å². The number of hydrogen-bond donors (Lipinski definition) is 4. The molecule has 0 aliphatic carbocycles. The second-order valence-corrected chi connectivity index (χ2v) is 4.41. The third-order valence-electron chi connectivity index (χ3n) is 1.22. The average Bonchev–Trinajstić information content (AvgIpc) is 2.54. The van der Waals surface area contributed by atoms with Crippen LogP contribution in [0.25, 0.3) is 0 Å². The molecule has 0 aromatic rings. The van der Waals surface area contributed by atoms with Crippen LogP contribution >= 0.6 is 0 Å². The molecular weight excluding hydrogens is 452 g/mol. The van der Waals surface area contributed by atoms with E-state index in [2.05, 4.69) is 9.68 Å². The monoisotopic (exact) mass is 480 g/mol. The van der Waals surface area contributed by atoms with E-state index in [9.17, 15) is 20.2 Å². The first-order valence-electron chi connectivity index (χ1n) is 8.04. The van der Waals surface area contributed by atoms with E-state index < -0.39 is 34.1 Å². The smallest absolute Gasteiger partial charge is 0.300 e. The number of ether oxygens (including phenoxy) is 2. The van der Waals surface area contributed by atoms with E-state index in [0.29, 0.717) is 0 Å². The molecule has 32 heavy (non-hydrogen) atoms. The molecule has 18 heteroatoms. The number of aliphatic carboxylic acids is 4. The van der Waals surface area contributed by atoms with Crippen LogP contribution in [0.15, 0.2) is 0 Å². The highest BCUT2D eigenvalue weighted by Crippen LogP contribution is 1.82. The Kier molecular flexibility index (Phi) is 38.6. The zero-order chi connectivity index (χ0) is 26.5. The van der Waals surface area contributed by atoms with Crippen LogP contribution in [0, 0.1) is 20.2 Å². The van der Waals surface area contributed by atoms with Crippen molar-refractivity contribution in [2.75, 3.05) is 39.6 Å². The first-order chi connectivity index (χ1) is 14.6. The van der Waals surface area contributed by atoms with Crippen LogP contribution in [0.5, 0.6) is 0 Å². The Hall–Kier alpha value is -3.80. The molecular formula is C14H28N2O16. The largest absolute Gasteiger partial charge is 0.481 e. The molecule has 0 heterocycles. The third kappa shape index (κ3) is 197. The minimum Gasteiger partial charge on any atom is -0.481 e. The van der Waals surface area contributed by atoms with Gasteiger partial charge in [-0.05, 0) is 0 Å². The minimum atomic E-state index is -0.908. The van der Waals surface area contributed by atoms with Gasteiger partial charge in [0.25, 0.3) is 34.1 Å². The number of hydrogen-bond acceptors (Lipinski definition) is 12.